The smallest absolute Gasteiger partial charge is 0.348 e. The predicted octanol–water partition coefficient (Wildman–Crippen LogP) is 3.50. The molecule has 1 aliphatic carbocycles. The molecule has 0 aromatic heterocycles. The van der Waals surface area contributed by atoms with Gasteiger partial charge in [-0.05, 0) is 26.2 Å². The first-order valence-corrected chi connectivity index (χ1v) is 8.88. The Kier molecular flexibility index (Phi) is 7.23. The maximum atomic E-state index is 14.0. The van der Waals surface area contributed by atoms with E-state index in [0.717, 1.165) is 0 Å². The van der Waals surface area contributed by atoms with E-state index in [1.54, 1.807) is 19.9 Å². The average Bonchev–Trinajstić information content (AvgIpc) is 3.46. The van der Waals surface area contributed by atoms with E-state index in [9.17, 15) is 27.2 Å². The molecule has 0 amide bonds. The number of esters is 2. The predicted molar refractivity (Wildman–Crippen MR) is 95.1 cm³/mol. The second kappa shape index (κ2) is 9.45. The summed E-state index contributed by atoms with van der Waals surface area (Å²) in [5.74, 6) is -7.78. The van der Waals surface area contributed by atoms with Crippen molar-refractivity contribution in [1.82, 2.24) is 0 Å². The van der Waals surface area contributed by atoms with Crippen LogP contribution in [0.1, 0.15) is 31.4 Å². The van der Waals surface area contributed by atoms with Gasteiger partial charge in [0.25, 0.3) is 0 Å². The van der Waals surface area contributed by atoms with E-state index in [4.69, 9.17) is 21.2 Å². The Hall–Kier alpha value is -3.33. The van der Waals surface area contributed by atoms with Crippen molar-refractivity contribution >= 4 is 11.9 Å². The van der Waals surface area contributed by atoms with Crippen LogP contribution < -0.4 is 0 Å². The van der Waals surface area contributed by atoms with Crippen LogP contribution in [-0.4, -0.2) is 18.0 Å². The van der Waals surface area contributed by atoms with Crippen molar-refractivity contribution in [3.63, 3.8) is 0 Å². The standard InChI is InChI=1S/C21H17F4NO4/c1-4-5-13-16(22)18(24)15(19(25)17(13)23)9-29-21(28)14-7-11(14)6-12(8-26)20(27)30-10(2)3/h1,6,10-11,14H,5,7,9H2,2-3H3/t11-,14-/m1/s1. The topological polar surface area (TPSA) is 76.4 Å². The lowest BCUT2D eigenvalue weighted by molar-refractivity contribution is -0.147. The van der Waals surface area contributed by atoms with E-state index in [2.05, 4.69) is 0 Å². The number of hydrogen-bond donors (Lipinski definition) is 0. The van der Waals surface area contributed by atoms with Crippen LogP contribution in [0.3, 0.4) is 0 Å². The molecule has 1 saturated carbocycles. The van der Waals surface area contributed by atoms with Crippen LogP contribution in [0.5, 0.6) is 0 Å². The maximum absolute atomic E-state index is 14.0. The summed E-state index contributed by atoms with van der Waals surface area (Å²) in [4.78, 5) is 23.8. The fourth-order valence-electron chi connectivity index (χ4n) is 2.67. The highest BCUT2D eigenvalue weighted by Gasteiger charge is 2.44. The summed E-state index contributed by atoms with van der Waals surface area (Å²) in [7, 11) is 0. The molecule has 0 heterocycles. The Labute approximate surface area is 170 Å². The van der Waals surface area contributed by atoms with Gasteiger partial charge in [0.15, 0.2) is 23.3 Å². The Morgan fingerprint density at radius 2 is 1.73 bits per heavy atom. The Bertz CT molecular complexity index is 959. The number of benzene rings is 1. The number of rotatable bonds is 7. The lowest BCUT2D eigenvalue weighted by Gasteiger charge is -2.11. The molecule has 9 heteroatoms. The van der Waals surface area contributed by atoms with Gasteiger partial charge in [0, 0.05) is 12.0 Å². The van der Waals surface area contributed by atoms with Crippen LogP contribution in [-0.2, 0) is 32.1 Å². The number of terminal acetylenes is 1. The van der Waals surface area contributed by atoms with Crippen LogP contribution in [0.15, 0.2) is 11.6 Å². The minimum atomic E-state index is -1.69. The molecular formula is C21H17F4NO4. The molecule has 2 rings (SSSR count). The first-order chi connectivity index (χ1) is 14.1. The summed E-state index contributed by atoms with van der Waals surface area (Å²) in [6.45, 7) is 2.18. The van der Waals surface area contributed by atoms with Crippen molar-refractivity contribution in [1.29, 1.82) is 5.26 Å². The molecular weight excluding hydrogens is 406 g/mol. The zero-order valence-corrected chi connectivity index (χ0v) is 16.1. The zero-order chi connectivity index (χ0) is 22.6. The third kappa shape index (κ3) is 4.98. The maximum Gasteiger partial charge on any atom is 0.348 e. The molecule has 1 aromatic rings. The SMILES string of the molecule is C#CCc1c(F)c(F)c(COC(=O)[C@@H]2C[C@H]2C=C(C#N)C(=O)OC(C)C)c(F)c1F. The number of allylic oxidation sites excluding steroid dienone is 1. The molecule has 0 unspecified atom stereocenters. The van der Waals surface area contributed by atoms with Gasteiger partial charge in [0.2, 0.25) is 0 Å². The number of hydrogen-bond acceptors (Lipinski definition) is 5. The number of carbonyl (C=O) groups excluding carboxylic acids is 2. The molecule has 0 spiro atoms. The molecule has 0 N–H and O–H groups in total. The quantitative estimate of drug-likeness (QED) is 0.168. The van der Waals surface area contributed by atoms with E-state index in [1.807, 2.05) is 5.92 Å². The Morgan fingerprint density at radius 1 is 1.17 bits per heavy atom. The lowest BCUT2D eigenvalue weighted by Crippen LogP contribution is -2.14. The summed E-state index contributed by atoms with van der Waals surface area (Å²) in [5, 5.41) is 9.03. The zero-order valence-electron chi connectivity index (χ0n) is 16.1. The molecule has 0 radical (unpaired) electrons. The average molecular weight is 423 g/mol. The third-order valence-electron chi connectivity index (χ3n) is 4.29. The molecule has 1 aromatic carbocycles. The fraction of sp³-hybridized carbons (Fsp3) is 0.381. The van der Waals surface area contributed by atoms with Crippen LogP contribution in [0.2, 0.25) is 0 Å². The highest BCUT2D eigenvalue weighted by molar-refractivity contribution is 5.93. The van der Waals surface area contributed by atoms with Gasteiger partial charge < -0.3 is 9.47 Å². The molecule has 158 valence electrons. The number of nitriles is 1. The number of ether oxygens (including phenoxy) is 2. The van der Waals surface area contributed by atoms with Crippen LogP contribution in [0.25, 0.3) is 0 Å². The van der Waals surface area contributed by atoms with Crippen molar-refractivity contribution in [2.75, 3.05) is 0 Å². The van der Waals surface area contributed by atoms with Gasteiger partial charge in [-0.2, -0.15) is 5.26 Å². The number of halogens is 4. The third-order valence-corrected chi connectivity index (χ3v) is 4.29. The first kappa shape index (κ1) is 23.0. The molecule has 5 nitrogen and oxygen atoms in total. The summed E-state index contributed by atoms with van der Waals surface area (Å²) in [6.07, 6.45) is 5.32. The Morgan fingerprint density at radius 3 is 2.23 bits per heavy atom. The van der Waals surface area contributed by atoms with E-state index < -0.39 is 77.3 Å². The molecule has 30 heavy (non-hydrogen) atoms. The Balaban J connectivity index is 2.06. The van der Waals surface area contributed by atoms with Crippen LogP contribution in [0, 0.1) is 58.8 Å². The monoisotopic (exact) mass is 423 g/mol. The molecule has 0 aliphatic heterocycles. The van der Waals surface area contributed by atoms with Crippen molar-refractivity contribution in [3.8, 4) is 18.4 Å². The highest BCUT2D eigenvalue weighted by Crippen LogP contribution is 2.41. The van der Waals surface area contributed by atoms with E-state index in [1.165, 1.54) is 6.08 Å². The molecule has 1 fully saturated rings. The summed E-state index contributed by atoms with van der Waals surface area (Å²) in [5.41, 5.74) is -2.29. The van der Waals surface area contributed by atoms with Crippen molar-refractivity contribution in [2.24, 2.45) is 11.8 Å². The van der Waals surface area contributed by atoms with Gasteiger partial charge in [0.05, 0.1) is 17.6 Å². The van der Waals surface area contributed by atoms with E-state index in [-0.39, 0.29) is 12.0 Å². The minimum absolute atomic E-state index is 0.230. The first-order valence-electron chi connectivity index (χ1n) is 8.88. The van der Waals surface area contributed by atoms with Gasteiger partial charge in [-0.1, -0.05) is 6.08 Å². The number of nitrogens with zero attached hydrogens (tertiary/aromatic N) is 1. The van der Waals surface area contributed by atoms with Gasteiger partial charge in [-0.25, -0.2) is 22.4 Å². The largest absolute Gasteiger partial charge is 0.460 e. The van der Waals surface area contributed by atoms with Gasteiger partial charge in [-0.15, -0.1) is 12.3 Å². The highest BCUT2D eigenvalue weighted by atomic mass is 19.2. The van der Waals surface area contributed by atoms with E-state index in [0.29, 0.717) is 0 Å². The number of carbonyl (C=O) groups is 2. The van der Waals surface area contributed by atoms with Crippen LogP contribution in [0.4, 0.5) is 17.6 Å². The lowest BCUT2D eigenvalue weighted by atomic mass is 10.1. The molecule has 1 aliphatic rings. The van der Waals surface area contributed by atoms with Gasteiger partial charge >= 0.3 is 11.9 Å². The molecule has 0 bridgehead atoms. The van der Waals surface area contributed by atoms with Crippen molar-refractivity contribution in [2.45, 2.75) is 39.4 Å². The summed E-state index contributed by atoms with van der Waals surface area (Å²) in [6, 6.07) is 1.68. The van der Waals surface area contributed by atoms with Crippen molar-refractivity contribution < 1.29 is 36.6 Å². The summed E-state index contributed by atoms with van der Waals surface area (Å²) >= 11 is 0. The van der Waals surface area contributed by atoms with Gasteiger partial charge in [-0.3, -0.25) is 4.79 Å². The fourth-order valence-corrected chi connectivity index (χ4v) is 2.67. The van der Waals surface area contributed by atoms with Gasteiger partial charge in [0.1, 0.15) is 18.2 Å². The van der Waals surface area contributed by atoms with Crippen molar-refractivity contribution in [3.05, 3.63) is 46.0 Å². The normalized spacial score (nSPS) is 17.8. The second-order valence-electron chi connectivity index (χ2n) is 6.85. The molecule has 2 atom stereocenters. The van der Waals surface area contributed by atoms with Crippen LogP contribution >= 0.6 is 0 Å². The molecule has 0 saturated heterocycles. The minimum Gasteiger partial charge on any atom is -0.460 e. The van der Waals surface area contributed by atoms with E-state index >= 15 is 0 Å². The second-order valence-corrected chi connectivity index (χ2v) is 6.85. The summed E-state index contributed by atoms with van der Waals surface area (Å²) < 4.78 is 65.5.